The van der Waals surface area contributed by atoms with Gasteiger partial charge < -0.3 is 5.73 Å². The standard InChI is InChI=1S/C28H59N3/c1-3-5-6-7-8-9-10-11-12-13-14-15-16-17-18-19-20-21-22-23-28-30(4-2)26-27-31(28)25-24-29/h28H,3-27,29H2,1-2H3. The molecule has 0 saturated carbocycles. The molecule has 1 heterocycles. The molecule has 1 fully saturated rings. The van der Waals surface area contributed by atoms with Crippen molar-refractivity contribution in [1.29, 1.82) is 0 Å². The van der Waals surface area contributed by atoms with Gasteiger partial charge in [-0.05, 0) is 13.0 Å². The second-order valence-corrected chi connectivity index (χ2v) is 10.1. The normalized spacial score (nSPS) is 17.7. The third kappa shape index (κ3) is 15.4. The molecular formula is C28H59N3. The molecule has 0 amide bonds. The fraction of sp³-hybridized carbons (Fsp3) is 1.00. The smallest absolute Gasteiger partial charge is 0.0623 e. The number of rotatable bonds is 23. The quantitative estimate of drug-likeness (QED) is 0.166. The van der Waals surface area contributed by atoms with E-state index in [-0.39, 0.29) is 0 Å². The highest BCUT2D eigenvalue weighted by molar-refractivity contribution is 4.81. The van der Waals surface area contributed by atoms with Crippen LogP contribution in [0.15, 0.2) is 0 Å². The van der Waals surface area contributed by atoms with Crippen molar-refractivity contribution < 1.29 is 0 Å². The summed E-state index contributed by atoms with van der Waals surface area (Å²) in [4.78, 5) is 5.25. The Kier molecular flexibility index (Phi) is 20.2. The lowest BCUT2D eigenvalue weighted by atomic mass is 10.0. The second-order valence-electron chi connectivity index (χ2n) is 10.1. The van der Waals surface area contributed by atoms with Crippen molar-refractivity contribution in [3.8, 4) is 0 Å². The molecule has 0 aromatic carbocycles. The first kappa shape index (κ1) is 28.9. The van der Waals surface area contributed by atoms with Crippen molar-refractivity contribution in [2.45, 2.75) is 148 Å². The first-order valence-corrected chi connectivity index (χ1v) is 14.5. The predicted molar refractivity (Wildman–Crippen MR) is 140 cm³/mol. The minimum absolute atomic E-state index is 0.666. The zero-order chi connectivity index (χ0) is 22.4. The Morgan fingerprint density at radius 1 is 0.548 bits per heavy atom. The molecule has 3 nitrogen and oxygen atoms in total. The van der Waals surface area contributed by atoms with E-state index in [9.17, 15) is 0 Å². The van der Waals surface area contributed by atoms with E-state index in [1.165, 1.54) is 148 Å². The zero-order valence-electron chi connectivity index (χ0n) is 21.7. The van der Waals surface area contributed by atoms with Gasteiger partial charge in [-0.1, -0.05) is 136 Å². The lowest BCUT2D eigenvalue weighted by molar-refractivity contribution is 0.131. The number of nitrogens with two attached hydrogens (primary N) is 1. The van der Waals surface area contributed by atoms with Crippen molar-refractivity contribution >= 4 is 0 Å². The molecule has 0 aliphatic carbocycles. The van der Waals surface area contributed by atoms with Gasteiger partial charge in [-0.2, -0.15) is 0 Å². The number of hydrogen-bond acceptors (Lipinski definition) is 3. The predicted octanol–water partition coefficient (Wildman–Crippen LogP) is 7.73. The third-order valence-electron chi connectivity index (χ3n) is 7.41. The fourth-order valence-electron chi connectivity index (χ4n) is 5.35. The van der Waals surface area contributed by atoms with Crippen LogP contribution >= 0.6 is 0 Å². The molecule has 1 aliphatic heterocycles. The van der Waals surface area contributed by atoms with Gasteiger partial charge in [0.25, 0.3) is 0 Å². The van der Waals surface area contributed by atoms with Gasteiger partial charge in [0.1, 0.15) is 0 Å². The van der Waals surface area contributed by atoms with E-state index in [0.29, 0.717) is 6.17 Å². The number of hydrogen-bond donors (Lipinski definition) is 1. The van der Waals surface area contributed by atoms with Gasteiger partial charge in [0.05, 0.1) is 6.17 Å². The van der Waals surface area contributed by atoms with E-state index in [0.717, 1.165) is 13.1 Å². The average molecular weight is 438 g/mol. The zero-order valence-corrected chi connectivity index (χ0v) is 21.7. The maximum absolute atomic E-state index is 5.80. The Labute approximate surface area is 196 Å². The lowest BCUT2D eigenvalue weighted by Crippen LogP contribution is -2.40. The van der Waals surface area contributed by atoms with Gasteiger partial charge in [-0.3, -0.25) is 9.80 Å². The molecule has 2 N–H and O–H groups in total. The Balaban J connectivity index is 1.79. The van der Waals surface area contributed by atoms with Crippen LogP contribution in [0.1, 0.15) is 142 Å². The summed E-state index contributed by atoms with van der Waals surface area (Å²) in [5, 5.41) is 0. The summed E-state index contributed by atoms with van der Waals surface area (Å²) in [5.41, 5.74) is 5.80. The van der Waals surface area contributed by atoms with Gasteiger partial charge in [0.2, 0.25) is 0 Å². The van der Waals surface area contributed by atoms with Crippen LogP contribution in [0.5, 0.6) is 0 Å². The van der Waals surface area contributed by atoms with Gasteiger partial charge in [-0.15, -0.1) is 0 Å². The first-order valence-electron chi connectivity index (χ1n) is 14.5. The van der Waals surface area contributed by atoms with Crippen LogP contribution in [0.3, 0.4) is 0 Å². The van der Waals surface area contributed by atoms with E-state index in [1.807, 2.05) is 0 Å². The Morgan fingerprint density at radius 3 is 1.32 bits per heavy atom. The number of nitrogens with zero attached hydrogens (tertiary/aromatic N) is 2. The summed E-state index contributed by atoms with van der Waals surface area (Å²) in [6, 6.07) is 0. The van der Waals surface area contributed by atoms with Crippen molar-refractivity contribution in [2.24, 2.45) is 5.73 Å². The highest BCUT2D eigenvalue weighted by atomic mass is 15.4. The van der Waals surface area contributed by atoms with E-state index in [1.54, 1.807) is 0 Å². The van der Waals surface area contributed by atoms with E-state index in [2.05, 4.69) is 23.6 Å². The molecule has 0 aromatic heterocycles. The number of unbranched alkanes of at least 4 members (excludes halogenated alkanes) is 18. The monoisotopic (exact) mass is 437 g/mol. The van der Waals surface area contributed by atoms with Crippen LogP contribution in [0.4, 0.5) is 0 Å². The van der Waals surface area contributed by atoms with Gasteiger partial charge in [0.15, 0.2) is 0 Å². The van der Waals surface area contributed by atoms with Gasteiger partial charge in [0, 0.05) is 26.2 Å². The molecule has 1 aliphatic rings. The third-order valence-corrected chi connectivity index (χ3v) is 7.41. The molecule has 1 atom stereocenters. The summed E-state index contributed by atoms with van der Waals surface area (Å²) >= 11 is 0. The van der Waals surface area contributed by atoms with Crippen molar-refractivity contribution in [3.63, 3.8) is 0 Å². The summed E-state index contributed by atoms with van der Waals surface area (Å²) in [7, 11) is 0. The lowest BCUT2D eigenvalue weighted by Gasteiger charge is -2.29. The second kappa shape index (κ2) is 21.7. The highest BCUT2D eigenvalue weighted by Crippen LogP contribution is 2.20. The molecule has 31 heavy (non-hydrogen) atoms. The molecule has 1 unspecified atom stereocenters. The van der Waals surface area contributed by atoms with Crippen molar-refractivity contribution in [3.05, 3.63) is 0 Å². The van der Waals surface area contributed by atoms with Crippen LogP contribution in [0.25, 0.3) is 0 Å². The molecule has 1 saturated heterocycles. The van der Waals surface area contributed by atoms with E-state index in [4.69, 9.17) is 5.73 Å². The van der Waals surface area contributed by atoms with Gasteiger partial charge in [-0.25, -0.2) is 0 Å². The maximum Gasteiger partial charge on any atom is 0.0623 e. The number of likely N-dealkylation sites (N-methyl/N-ethyl adjacent to an activating group) is 1. The highest BCUT2D eigenvalue weighted by Gasteiger charge is 2.29. The minimum Gasteiger partial charge on any atom is -0.329 e. The molecule has 186 valence electrons. The van der Waals surface area contributed by atoms with E-state index >= 15 is 0 Å². The topological polar surface area (TPSA) is 32.5 Å². The summed E-state index contributed by atoms with van der Waals surface area (Å²) in [6.45, 7) is 10.1. The largest absolute Gasteiger partial charge is 0.329 e. The molecule has 1 rings (SSSR count). The van der Waals surface area contributed by atoms with Crippen LogP contribution in [0.2, 0.25) is 0 Å². The molecule has 0 spiro atoms. The minimum atomic E-state index is 0.666. The summed E-state index contributed by atoms with van der Waals surface area (Å²) < 4.78 is 0. The van der Waals surface area contributed by atoms with Crippen molar-refractivity contribution in [1.82, 2.24) is 9.80 Å². The molecule has 0 bridgehead atoms. The first-order chi connectivity index (χ1) is 15.3. The SMILES string of the molecule is CCCCCCCCCCCCCCCCCCCCCC1N(CC)CCN1CCN. The van der Waals surface area contributed by atoms with Crippen LogP contribution < -0.4 is 5.73 Å². The van der Waals surface area contributed by atoms with Gasteiger partial charge >= 0.3 is 0 Å². The molecular weight excluding hydrogens is 378 g/mol. The maximum atomic E-state index is 5.80. The Bertz CT molecular complexity index is 360. The van der Waals surface area contributed by atoms with Crippen molar-refractivity contribution in [2.75, 3.05) is 32.7 Å². The molecule has 3 heteroatoms. The van der Waals surface area contributed by atoms with E-state index < -0.39 is 0 Å². The Hall–Kier alpha value is -0.120. The van der Waals surface area contributed by atoms with Crippen LogP contribution in [-0.2, 0) is 0 Å². The molecule has 0 aromatic rings. The summed E-state index contributed by atoms with van der Waals surface area (Å²) in [5.74, 6) is 0. The average Bonchev–Trinajstić information content (AvgIpc) is 3.17. The van der Waals surface area contributed by atoms with Crippen LogP contribution in [-0.4, -0.2) is 48.7 Å². The fourth-order valence-corrected chi connectivity index (χ4v) is 5.35. The summed E-state index contributed by atoms with van der Waals surface area (Å²) in [6.07, 6.45) is 29.7. The molecule has 0 radical (unpaired) electrons. The Morgan fingerprint density at radius 2 is 0.935 bits per heavy atom. The van der Waals surface area contributed by atoms with Crippen LogP contribution in [0, 0.1) is 0 Å².